The Morgan fingerprint density at radius 1 is 0.974 bits per heavy atom. The summed E-state index contributed by atoms with van der Waals surface area (Å²) in [6, 6.07) is 3.35. The van der Waals surface area contributed by atoms with Crippen molar-refractivity contribution in [3.05, 3.63) is 54.2 Å². The van der Waals surface area contributed by atoms with Crippen LogP contribution in [-0.2, 0) is 32.0 Å². The maximum atomic E-state index is 13.4. The SMILES string of the molecule is CCC(C)C(NC(=O)C(Cc1c[nH]c2ccccc12)NC(=O)C(Cc1cnc[nH]1)NC(=O)C(C)N)C(=O)O. The number of benzene rings is 1. The van der Waals surface area contributed by atoms with Crippen molar-refractivity contribution in [1.29, 1.82) is 0 Å². The van der Waals surface area contributed by atoms with Crippen LogP contribution in [0.1, 0.15) is 38.4 Å². The monoisotopic (exact) mass is 525 g/mol. The number of carboxylic acids is 1. The summed E-state index contributed by atoms with van der Waals surface area (Å²) in [6.07, 6.45) is 5.43. The number of aliphatic carboxylic acids is 1. The molecular weight excluding hydrogens is 490 g/mol. The molecule has 3 rings (SSSR count). The van der Waals surface area contributed by atoms with Crippen molar-refractivity contribution in [2.45, 2.75) is 64.2 Å². The number of aromatic nitrogens is 3. The van der Waals surface area contributed by atoms with E-state index >= 15 is 0 Å². The molecule has 8 N–H and O–H groups in total. The summed E-state index contributed by atoms with van der Waals surface area (Å²) in [4.78, 5) is 61.1. The van der Waals surface area contributed by atoms with Crippen molar-refractivity contribution < 1.29 is 24.3 Å². The number of imidazole rings is 1. The minimum atomic E-state index is -1.16. The molecule has 3 aromatic rings. The number of rotatable bonds is 13. The molecule has 0 spiro atoms. The van der Waals surface area contributed by atoms with Gasteiger partial charge in [0.1, 0.15) is 18.1 Å². The third kappa shape index (κ3) is 7.19. The number of nitrogens with zero attached hydrogens (tertiary/aromatic N) is 1. The number of aromatic amines is 2. The topological polar surface area (TPSA) is 195 Å². The van der Waals surface area contributed by atoms with Gasteiger partial charge in [0.25, 0.3) is 0 Å². The van der Waals surface area contributed by atoms with E-state index in [4.69, 9.17) is 5.73 Å². The van der Waals surface area contributed by atoms with Gasteiger partial charge in [0.05, 0.1) is 12.4 Å². The van der Waals surface area contributed by atoms with E-state index < -0.39 is 47.9 Å². The number of H-pyrrole nitrogens is 2. The van der Waals surface area contributed by atoms with Gasteiger partial charge in [0.2, 0.25) is 17.7 Å². The molecule has 0 aliphatic rings. The number of nitrogens with two attached hydrogens (primary N) is 1. The average molecular weight is 526 g/mol. The Kier molecular flexibility index (Phi) is 9.61. The molecule has 0 radical (unpaired) electrons. The minimum Gasteiger partial charge on any atom is -0.480 e. The van der Waals surface area contributed by atoms with Crippen molar-refractivity contribution in [2.24, 2.45) is 11.7 Å². The van der Waals surface area contributed by atoms with E-state index in [1.165, 1.54) is 19.4 Å². The zero-order valence-electron chi connectivity index (χ0n) is 21.7. The van der Waals surface area contributed by atoms with Crippen LogP contribution >= 0.6 is 0 Å². The summed E-state index contributed by atoms with van der Waals surface area (Å²) in [6.45, 7) is 5.06. The van der Waals surface area contributed by atoms with Crippen LogP contribution in [0.15, 0.2) is 43.0 Å². The van der Waals surface area contributed by atoms with Crippen LogP contribution in [-0.4, -0.2) is 67.9 Å². The lowest BCUT2D eigenvalue weighted by molar-refractivity contribution is -0.143. The van der Waals surface area contributed by atoms with Crippen LogP contribution in [0, 0.1) is 5.92 Å². The van der Waals surface area contributed by atoms with Crippen LogP contribution in [0.2, 0.25) is 0 Å². The van der Waals surface area contributed by atoms with E-state index in [1.807, 2.05) is 31.2 Å². The summed E-state index contributed by atoms with van der Waals surface area (Å²) in [5.41, 5.74) is 7.90. The Morgan fingerprint density at radius 2 is 1.63 bits per heavy atom. The summed E-state index contributed by atoms with van der Waals surface area (Å²) < 4.78 is 0. The Balaban J connectivity index is 1.89. The Morgan fingerprint density at radius 3 is 2.26 bits per heavy atom. The molecule has 38 heavy (non-hydrogen) atoms. The number of hydrogen-bond acceptors (Lipinski definition) is 6. The molecule has 0 saturated carbocycles. The average Bonchev–Trinajstić information content (AvgIpc) is 3.55. The summed E-state index contributed by atoms with van der Waals surface area (Å²) >= 11 is 0. The number of para-hydroxylation sites is 1. The molecule has 5 atom stereocenters. The van der Waals surface area contributed by atoms with Crippen molar-refractivity contribution in [3.63, 3.8) is 0 Å². The number of carbonyl (C=O) groups excluding carboxylic acids is 3. The second-order valence-electron chi connectivity index (χ2n) is 9.47. The number of amides is 3. The second-order valence-corrected chi connectivity index (χ2v) is 9.47. The fourth-order valence-electron chi connectivity index (χ4n) is 4.07. The normalized spacial score (nSPS) is 15.2. The van der Waals surface area contributed by atoms with Crippen LogP contribution in [0.4, 0.5) is 0 Å². The number of carboxylic acid groups (broad SMARTS) is 1. The first-order valence-corrected chi connectivity index (χ1v) is 12.5. The van der Waals surface area contributed by atoms with E-state index in [9.17, 15) is 24.3 Å². The maximum Gasteiger partial charge on any atom is 0.326 e. The quantitative estimate of drug-likeness (QED) is 0.170. The molecule has 0 saturated heterocycles. The Hall–Kier alpha value is -4.19. The lowest BCUT2D eigenvalue weighted by atomic mass is 9.97. The first-order valence-electron chi connectivity index (χ1n) is 12.5. The van der Waals surface area contributed by atoms with Gasteiger partial charge in [-0.25, -0.2) is 9.78 Å². The lowest BCUT2D eigenvalue weighted by Crippen LogP contribution is -2.58. The van der Waals surface area contributed by atoms with Gasteiger partial charge in [-0.05, 0) is 24.5 Å². The zero-order valence-corrected chi connectivity index (χ0v) is 21.7. The van der Waals surface area contributed by atoms with E-state index in [0.29, 0.717) is 12.1 Å². The van der Waals surface area contributed by atoms with Gasteiger partial charge in [0, 0.05) is 41.8 Å². The fourth-order valence-corrected chi connectivity index (χ4v) is 4.07. The molecule has 2 heterocycles. The standard InChI is InChI=1S/C26H35N7O5/c1-4-14(2)22(26(37)38)33-25(36)20(9-16-11-29-19-8-6-5-7-18(16)19)32-24(35)21(31-23(34)15(3)27)10-17-12-28-13-30-17/h5-8,11-15,20-22,29H,4,9-10,27H2,1-3H3,(H,28,30)(H,31,34)(H,32,35)(H,33,36)(H,37,38). The summed E-state index contributed by atoms with van der Waals surface area (Å²) in [7, 11) is 0. The van der Waals surface area contributed by atoms with Crippen LogP contribution in [0.3, 0.4) is 0 Å². The third-order valence-corrected chi connectivity index (χ3v) is 6.53. The van der Waals surface area contributed by atoms with E-state index in [2.05, 4.69) is 30.9 Å². The molecule has 5 unspecified atom stereocenters. The third-order valence-electron chi connectivity index (χ3n) is 6.53. The minimum absolute atomic E-state index is 0.0797. The van der Waals surface area contributed by atoms with Gasteiger partial charge in [0.15, 0.2) is 0 Å². The van der Waals surface area contributed by atoms with Crippen molar-refractivity contribution >= 4 is 34.6 Å². The van der Waals surface area contributed by atoms with E-state index in [1.54, 1.807) is 13.1 Å². The highest BCUT2D eigenvalue weighted by molar-refractivity contribution is 5.95. The number of nitrogens with one attached hydrogen (secondary N) is 5. The molecule has 12 nitrogen and oxygen atoms in total. The predicted octanol–water partition coefficient (Wildman–Crippen LogP) is 0.609. The molecule has 1 aromatic carbocycles. The fraction of sp³-hybridized carbons (Fsp3) is 0.423. The number of hydrogen-bond donors (Lipinski definition) is 7. The number of carbonyl (C=O) groups is 4. The lowest BCUT2D eigenvalue weighted by Gasteiger charge is -2.26. The molecular formula is C26H35N7O5. The van der Waals surface area contributed by atoms with Gasteiger partial charge in [-0.3, -0.25) is 14.4 Å². The van der Waals surface area contributed by atoms with E-state index in [-0.39, 0.29) is 18.8 Å². The zero-order chi connectivity index (χ0) is 27.8. The van der Waals surface area contributed by atoms with Gasteiger partial charge in [-0.2, -0.15) is 0 Å². The molecule has 2 aromatic heterocycles. The highest BCUT2D eigenvalue weighted by Gasteiger charge is 2.32. The molecule has 0 bridgehead atoms. The van der Waals surface area contributed by atoms with Gasteiger partial charge < -0.3 is 36.8 Å². The molecule has 3 amide bonds. The van der Waals surface area contributed by atoms with Crippen LogP contribution < -0.4 is 21.7 Å². The molecule has 12 heteroatoms. The smallest absolute Gasteiger partial charge is 0.326 e. The molecule has 204 valence electrons. The Labute approximate surface area is 220 Å². The van der Waals surface area contributed by atoms with Gasteiger partial charge in [-0.1, -0.05) is 38.5 Å². The highest BCUT2D eigenvalue weighted by Crippen LogP contribution is 2.20. The number of fused-ring (bicyclic) bond motifs is 1. The Bertz CT molecular complexity index is 1250. The van der Waals surface area contributed by atoms with Gasteiger partial charge >= 0.3 is 5.97 Å². The molecule has 0 aliphatic heterocycles. The van der Waals surface area contributed by atoms with E-state index in [0.717, 1.165) is 16.5 Å². The highest BCUT2D eigenvalue weighted by atomic mass is 16.4. The first-order chi connectivity index (χ1) is 18.1. The van der Waals surface area contributed by atoms with Crippen LogP contribution in [0.25, 0.3) is 10.9 Å². The van der Waals surface area contributed by atoms with Gasteiger partial charge in [-0.15, -0.1) is 0 Å². The second kappa shape index (κ2) is 12.9. The molecule has 0 fully saturated rings. The maximum absolute atomic E-state index is 13.4. The first kappa shape index (κ1) is 28.4. The van der Waals surface area contributed by atoms with Crippen molar-refractivity contribution in [1.82, 2.24) is 30.9 Å². The summed E-state index contributed by atoms with van der Waals surface area (Å²) in [5, 5.41) is 18.5. The summed E-state index contributed by atoms with van der Waals surface area (Å²) in [5.74, 6) is -3.30. The van der Waals surface area contributed by atoms with Crippen molar-refractivity contribution in [2.75, 3.05) is 0 Å². The van der Waals surface area contributed by atoms with Crippen molar-refractivity contribution in [3.8, 4) is 0 Å². The predicted molar refractivity (Wildman–Crippen MR) is 141 cm³/mol. The molecule has 0 aliphatic carbocycles. The largest absolute Gasteiger partial charge is 0.480 e. The van der Waals surface area contributed by atoms with Crippen LogP contribution in [0.5, 0.6) is 0 Å².